The van der Waals surface area contributed by atoms with Crippen LogP contribution < -0.4 is 5.32 Å². The van der Waals surface area contributed by atoms with Gasteiger partial charge in [0.2, 0.25) is 0 Å². The monoisotopic (exact) mass is 218 g/mol. The van der Waals surface area contributed by atoms with E-state index in [2.05, 4.69) is 37.0 Å². The topological polar surface area (TPSA) is 82.3 Å². The predicted octanol–water partition coefficient (Wildman–Crippen LogP) is 0.197. The third kappa shape index (κ3) is 1.34. The number of aromatic amines is 2. The standard InChI is InChI=1S/C10H14N6/c1-4-12-7-8(1)10(2-5-11-6-3-10)9-13-15-16-14-9/h1,4,7,11-12H,2-3,5-6H2,(H,13,14,15,16). The van der Waals surface area contributed by atoms with Crippen LogP contribution in [0.1, 0.15) is 24.2 Å². The highest BCUT2D eigenvalue weighted by Crippen LogP contribution is 2.37. The van der Waals surface area contributed by atoms with Crippen molar-refractivity contribution in [3.63, 3.8) is 0 Å². The van der Waals surface area contributed by atoms with E-state index in [1.807, 2.05) is 12.4 Å². The summed E-state index contributed by atoms with van der Waals surface area (Å²) in [7, 11) is 0. The Morgan fingerprint density at radius 2 is 2.12 bits per heavy atom. The van der Waals surface area contributed by atoms with Crippen molar-refractivity contribution < 1.29 is 0 Å². The number of H-pyrrole nitrogens is 2. The van der Waals surface area contributed by atoms with Gasteiger partial charge in [0, 0.05) is 12.4 Å². The summed E-state index contributed by atoms with van der Waals surface area (Å²) in [5.74, 6) is 0.800. The van der Waals surface area contributed by atoms with Crippen molar-refractivity contribution in [3.8, 4) is 0 Å². The third-order valence-electron chi connectivity index (χ3n) is 3.38. The molecule has 84 valence electrons. The van der Waals surface area contributed by atoms with E-state index >= 15 is 0 Å². The fourth-order valence-corrected chi connectivity index (χ4v) is 2.48. The molecule has 3 rings (SSSR count). The molecule has 0 spiro atoms. The first kappa shape index (κ1) is 9.53. The molecule has 16 heavy (non-hydrogen) atoms. The highest BCUT2D eigenvalue weighted by molar-refractivity contribution is 5.31. The van der Waals surface area contributed by atoms with Gasteiger partial charge in [-0.15, -0.1) is 10.2 Å². The fourth-order valence-electron chi connectivity index (χ4n) is 2.48. The number of hydrogen-bond donors (Lipinski definition) is 3. The summed E-state index contributed by atoms with van der Waals surface area (Å²) in [6, 6.07) is 2.10. The number of nitrogens with zero attached hydrogens (tertiary/aromatic N) is 3. The molecule has 0 radical (unpaired) electrons. The van der Waals surface area contributed by atoms with Gasteiger partial charge in [-0.3, -0.25) is 0 Å². The number of hydrogen-bond acceptors (Lipinski definition) is 4. The number of aromatic nitrogens is 5. The van der Waals surface area contributed by atoms with Gasteiger partial charge in [0.1, 0.15) is 0 Å². The van der Waals surface area contributed by atoms with E-state index in [9.17, 15) is 0 Å². The second-order valence-electron chi connectivity index (χ2n) is 4.17. The van der Waals surface area contributed by atoms with Crippen molar-refractivity contribution in [2.75, 3.05) is 13.1 Å². The van der Waals surface area contributed by atoms with Gasteiger partial charge in [-0.1, -0.05) is 5.21 Å². The van der Waals surface area contributed by atoms with Gasteiger partial charge in [0.25, 0.3) is 0 Å². The van der Waals surface area contributed by atoms with Crippen LogP contribution in [0.3, 0.4) is 0 Å². The zero-order valence-corrected chi connectivity index (χ0v) is 8.90. The van der Waals surface area contributed by atoms with E-state index in [-0.39, 0.29) is 5.41 Å². The molecule has 1 fully saturated rings. The maximum absolute atomic E-state index is 4.18. The largest absolute Gasteiger partial charge is 0.367 e. The maximum atomic E-state index is 4.18. The first-order valence-electron chi connectivity index (χ1n) is 5.50. The summed E-state index contributed by atoms with van der Waals surface area (Å²) in [5, 5.41) is 18.0. The van der Waals surface area contributed by atoms with Crippen LogP contribution in [0.5, 0.6) is 0 Å². The minimum absolute atomic E-state index is 0.0851. The van der Waals surface area contributed by atoms with Crippen LogP contribution >= 0.6 is 0 Å². The minimum atomic E-state index is -0.0851. The number of piperidine rings is 1. The molecule has 6 nitrogen and oxygen atoms in total. The van der Waals surface area contributed by atoms with E-state index in [0.717, 1.165) is 31.8 Å². The Balaban J connectivity index is 2.07. The summed E-state index contributed by atoms with van der Waals surface area (Å²) < 4.78 is 0. The lowest BCUT2D eigenvalue weighted by molar-refractivity contribution is 0.346. The Hall–Kier alpha value is -1.69. The molecule has 3 heterocycles. The van der Waals surface area contributed by atoms with Crippen molar-refractivity contribution in [2.24, 2.45) is 0 Å². The predicted molar refractivity (Wildman–Crippen MR) is 57.9 cm³/mol. The van der Waals surface area contributed by atoms with Gasteiger partial charge in [0.05, 0.1) is 5.41 Å². The van der Waals surface area contributed by atoms with Gasteiger partial charge < -0.3 is 10.3 Å². The quantitative estimate of drug-likeness (QED) is 0.672. The zero-order valence-electron chi connectivity index (χ0n) is 8.90. The highest BCUT2D eigenvalue weighted by atomic mass is 15.5. The average Bonchev–Trinajstić information content (AvgIpc) is 3.04. The number of rotatable bonds is 2. The third-order valence-corrected chi connectivity index (χ3v) is 3.38. The van der Waals surface area contributed by atoms with Gasteiger partial charge in [-0.25, -0.2) is 0 Å². The van der Waals surface area contributed by atoms with Crippen LogP contribution in [-0.4, -0.2) is 38.7 Å². The fraction of sp³-hybridized carbons (Fsp3) is 0.500. The van der Waals surface area contributed by atoms with E-state index in [0.29, 0.717) is 0 Å². The number of nitrogens with one attached hydrogen (secondary N) is 3. The Labute approximate surface area is 92.8 Å². The van der Waals surface area contributed by atoms with Crippen LogP contribution in [0, 0.1) is 0 Å². The summed E-state index contributed by atoms with van der Waals surface area (Å²) >= 11 is 0. The first-order chi connectivity index (χ1) is 7.92. The lowest BCUT2D eigenvalue weighted by Gasteiger charge is -2.34. The second-order valence-corrected chi connectivity index (χ2v) is 4.17. The Morgan fingerprint density at radius 1 is 1.25 bits per heavy atom. The Kier molecular flexibility index (Phi) is 2.21. The van der Waals surface area contributed by atoms with E-state index in [1.54, 1.807) is 0 Å². The van der Waals surface area contributed by atoms with Gasteiger partial charge in [-0.2, -0.15) is 5.21 Å². The van der Waals surface area contributed by atoms with Crippen LogP contribution in [0.2, 0.25) is 0 Å². The molecule has 0 amide bonds. The normalized spacial score (nSPS) is 19.8. The molecule has 0 atom stereocenters. The molecule has 1 saturated heterocycles. The molecule has 0 saturated carbocycles. The van der Waals surface area contributed by atoms with E-state index < -0.39 is 0 Å². The van der Waals surface area contributed by atoms with E-state index in [4.69, 9.17) is 0 Å². The van der Waals surface area contributed by atoms with Crippen LogP contribution in [0.15, 0.2) is 18.5 Å². The number of tetrazole rings is 1. The molecule has 3 N–H and O–H groups in total. The van der Waals surface area contributed by atoms with Crippen LogP contribution in [0.4, 0.5) is 0 Å². The molecular formula is C10H14N6. The molecular weight excluding hydrogens is 204 g/mol. The summed E-state index contributed by atoms with van der Waals surface area (Å²) in [6.07, 6.45) is 5.98. The highest BCUT2D eigenvalue weighted by Gasteiger charge is 2.39. The summed E-state index contributed by atoms with van der Waals surface area (Å²) in [5.41, 5.74) is 1.16. The molecule has 1 aliphatic rings. The van der Waals surface area contributed by atoms with Crippen molar-refractivity contribution in [1.82, 2.24) is 30.9 Å². The lowest BCUT2D eigenvalue weighted by Crippen LogP contribution is -2.41. The zero-order chi connectivity index (χ0) is 10.8. The van der Waals surface area contributed by atoms with Gasteiger partial charge in [-0.05, 0) is 37.6 Å². The van der Waals surface area contributed by atoms with Crippen LogP contribution in [-0.2, 0) is 5.41 Å². The molecule has 0 aliphatic carbocycles. The van der Waals surface area contributed by atoms with Crippen LogP contribution in [0.25, 0.3) is 0 Å². The SMILES string of the molecule is c1cc(C2(c3nn[nH]n3)CCNCC2)c[nH]1. The molecule has 0 aromatic carbocycles. The molecule has 0 unspecified atom stereocenters. The molecule has 2 aromatic heterocycles. The molecule has 2 aromatic rings. The van der Waals surface area contributed by atoms with Gasteiger partial charge >= 0.3 is 0 Å². The van der Waals surface area contributed by atoms with E-state index in [1.165, 1.54) is 5.56 Å². The lowest BCUT2D eigenvalue weighted by atomic mass is 9.73. The van der Waals surface area contributed by atoms with Crippen molar-refractivity contribution in [2.45, 2.75) is 18.3 Å². The Bertz CT molecular complexity index is 390. The molecule has 6 heteroatoms. The smallest absolute Gasteiger partial charge is 0.185 e. The average molecular weight is 218 g/mol. The van der Waals surface area contributed by atoms with Crippen molar-refractivity contribution in [3.05, 3.63) is 29.8 Å². The maximum Gasteiger partial charge on any atom is 0.185 e. The second kappa shape index (κ2) is 3.71. The van der Waals surface area contributed by atoms with Gasteiger partial charge in [0.15, 0.2) is 5.82 Å². The summed E-state index contributed by atoms with van der Waals surface area (Å²) in [4.78, 5) is 3.11. The summed E-state index contributed by atoms with van der Waals surface area (Å²) in [6.45, 7) is 1.97. The van der Waals surface area contributed by atoms with Crippen molar-refractivity contribution in [1.29, 1.82) is 0 Å². The molecule has 0 bridgehead atoms. The van der Waals surface area contributed by atoms with Crippen molar-refractivity contribution >= 4 is 0 Å². The first-order valence-corrected chi connectivity index (χ1v) is 5.50. The molecule has 1 aliphatic heterocycles. The minimum Gasteiger partial charge on any atom is -0.367 e. The Morgan fingerprint density at radius 3 is 2.75 bits per heavy atom.